The molecule has 0 aliphatic carbocycles. The SMILES string of the molecule is CC.Cc1nc(COc2ccccc2)cs1. The van der Waals surface area contributed by atoms with E-state index in [0.717, 1.165) is 16.5 Å². The highest BCUT2D eigenvalue weighted by Gasteiger charge is 1.98. The van der Waals surface area contributed by atoms with Gasteiger partial charge in [0, 0.05) is 5.38 Å². The van der Waals surface area contributed by atoms with Crippen LogP contribution in [-0.4, -0.2) is 4.98 Å². The minimum atomic E-state index is 0.550. The molecule has 0 fully saturated rings. The number of para-hydroxylation sites is 1. The Kier molecular flexibility index (Phi) is 5.57. The Balaban J connectivity index is 0.000000606. The second kappa shape index (κ2) is 7.01. The molecule has 0 atom stereocenters. The maximum atomic E-state index is 5.55. The molecule has 0 amide bonds. The van der Waals surface area contributed by atoms with Crippen molar-refractivity contribution in [3.05, 3.63) is 46.4 Å². The lowest BCUT2D eigenvalue weighted by Gasteiger charge is -2.02. The summed E-state index contributed by atoms with van der Waals surface area (Å²) in [7, 11) is 0. The fourth-order valence-corrected chi connectivity index (χ4v) is 1.75. The molecule has 0 bridgehead atoms. The molecule has 86 valence electrons. The van der Waals surface area contributed by atoms with Gasteiger partial charge in [0.1, 0.15) is 12.4 Å². The van der Waals surface area contributed by atoms with Crippen LogP contribution < -0.4 is 4.74 Å². The average Bonchev–Trinajstić information content (AvgIpc) is 2.77. The molecule has 1 aromatic carbocycles. The number of nitrogens with zero attached hydrogens (tertiary/aromatic N) is 1. The summed E-state index contributed by atoms with van der Waals surface area (Å²) >= 11 is 1.65. The van der Waals surface area contributed by atoms with Gasteiger partial charge in [-0.2, -0.15) is 0 Å². The van der Waals surface area contributed by atoms with Gasteiger partial charge in [-0.05, 0) is 19.1 Å². The molecule has 0 spiro atoms. The molecule has 3 heteroatoms. The largest absolute Gasteiger partial charge is 0.487 e. The molecule has 2 rings (SSSR count). The van der Waals surface area contributed by atoms with Crippen molar-refractivity contribution in [2.45, 2.75) is 27.4 Å². The lowest BCUT2D eigenvalue weighted by molar-refractivity contribution is 0.302. The summed E-state index contributed by atoms with van der Waals surface area (Å²) in [4.78, 5) is 4.32. The summed E-state index contributed by atoms with van der Waals surface area (Å²) in [6.45, 7) is 6.55. The quantitative estimate of drug-likeness (QED) is 0.800. The molecule has 0 saturated carbocycles. The van der Waals surface area contributed by atoms with Crippen molar-refractivity contribution in [2.75, 3.05) is 0 Å². The van der Waals surface area contributed by atoms with Gasteiger partial charge in [0.25, 0.3) is 0 Å². The van der Waals surface area contributed by atoms with Crippen molar-refractivity contribution in [1.29, 1.82) is 0 Å². The molecule has 2 aromatic rings. The van der Waals surface area contributed by atoms with E-state index in [4.69, 9.17) is 4.74 Å². The number of hydrogen-bond acceptors (Lipinski definition) is 3. The zero-order valence-electron chi connectivity index (χ0n) is 9.93. The minimum absolute atomic E-state index is 0.550. The van der Waals surface area contributed by atoms with Crippen LogP contribution in [0.25, 0.3) is 0 Å². The second-order valence-corrected chi connectivity index (χ2v) is 4.02. The summed E-state index contributed by atoms with van der Waals surface area (Å²) in [5.41, 5.74) is 0.997. The molecular weight excluding hydrogens is 218 g/mol. The number of benzene rings is 1. The normalized spacial score (nSPS) is 9.19. The summed E-state index contributed by atoms with van der Waals surface area (Å²) < 4.78 is 5.55. The molecule has 0 unspecified atom stereocenters. The van der Waals surface area contributed by atoms with Gasteiger partial charge >= 0.3 is 0 Å². The van der Waals surface area contributed by atoms with Crippen LogP contribution in [0.3, 0.4) is 0 Å². The van der Waals surface area contributed by atoms with Gasteiger partial charge in [-0.15, -0.1) is 11.3 Å². The van der Waals surface area contributed by atoms with Gasteiger partial charge in [-0.25, -0.2) is 4.98 Å². The third-order valence-electron chi connectivity index (χ3n) is 1.80. The van der Waals surface area contributed by atoms with Gasteiger partial charge < -0.3 is 4.74 Å². The van der Waals surface area contributed by atoms with Crippen LogP contribution >= 0.6 is 11.3 Å². The van der Waals surface area contributed by atoms with Crippen LogP contribution in [0.4, 0.5) is 0 Å². The van der Waals surface area contributed by atoms with E-state index in [9.17, 15) is 0 Å². The maximum Gasteiger partial charge on any atom is 0.131 e. The summed E-state index contributed by atoms with van der Waals surface area (Å²) in [6, 6.07) is 9.78. The van der Waals surface area contributed by atoms with Crippen LogP contribution in [0, 0.1) is 6.92 Å². The van der Waals surface area contributed by atoms with E-state index in [1.807, 2.05) is 56.5 Å². The molecule has 16 heavy (non-hydrogen) atoms. The van der Waals surface area contributed by atoms with Crippen molar-refractivity contribution >= 4 is 11.3 Å². The third-order valence-corrected chi connectivity index (χ3v) is 2.62. The Hall–Kier alpha value is -1.35. The molecule has 2 nitrogen and oxygen atoms in total. The molecule has 0 saturated heterocycles. The van der Waals surface area contributed by atoms with Crippen LogP contribution in [-0.2, 0) is 6.61 Å². The zero-order chi connectivity index (χ0) is 11.8. The van der Waals surface area contributed by atoms with Crippen LogP contribution in [0.15, 0.2) is 35.7 Å². The second-order valence-electron chi connectivity index (χ2n) is 2.96. The molecule has 1 aromatic heterocycles. The van der Waals surface area contributed by atoms with Crippen molar-refractivity contribution in [3.8, 4) is 5.75 Å². The maximum absolute atomic E-state index is 5.55. The first-order valence-corrected chi connectivity index (χ1v) is 6.31. The van der Waals surface area contributed by atoms with Crippen molar-refractivity contribution in [2.24, 2.45) is 0 Å². The fraction of sp³-hybridized carbons (Fsp3) is 0.308. The van der Waals surface area contributed by atoms with E-state index in [2.05, 4.69) is 4.98 Å². The van der Waals surface area contributed by atoms with E-state index < -0.39 is 0 Å². The predicted octanol–water partition coefficient (Wildman–Crippen LogP) is 4.06. The van der Waals surface area contributed by atoms with E-state index in [1.165, 1.54) is 0 Å². The minimum Gasteiger partial charge on any atom is -0.487 e. The Bertz CT molecular complexity index is 397. The molecule has 0 radical (unpaired) electrons. The Morgan fingerprint density at radius 3 is 2.44 bits per heavy atom. The summed E-state index contributed by atoms with van der Waals surface area (Å²) in [5.74, 6) is 0.887. The molecule has 0 aliphatic rings. The molecule has 0 aliphatic heterocycles. The van der Waals surface area contributed by atoms with Crippen LogP contribution in [0.5, 0.6) is 5.75 Å². The number of ether oxygens (including phenoxy) is 1. The standard InChI is InChI=1S/C11H11NOS.C2H6/c1-9-12-10(8-14-9)7-13-11-5-3-2-4-6-11;1-2/h2-6,8H,7H2,1H3;1-2H3. The number of rotatable bonds is 3. The Labute approximate surface area is 101 Å². The lowest BCUT2D eigenvalue weighted by atomic mass is 10.3. The van der Waals surface area contributed by atoms with Crippen molar-refractivity contribution in [1.82, 2.24) is 4.98 Å². The Morgan fingerprint density at radius 1 is 1.19 bits per heavy atom. The highest BCUT2D eigenvalue weighted by atomic mass is 32.1. The predicted molar refractivity (Wildman–Crippen MR) is 69.0 cm³/mol. The van der Waals surface area contributed by atoms with E-state index >= 15 is 0 Å². The van der Waals surface area contributed by atoms with Gasteiger partial charge in [-0.1, -0.05) is 32.0 Å². The summed E-state index contributed by atoms with van der Waals surface area (Å²) in [5, 5.41) is 3.11. The highest BCUT2D eigenvalue weighted by Crippen LogP contribution is 2.13. The topological polar surface area (TPSA) is 22.1 Å². The van der Waals surface area contributed by atoms with E-state index in [0.29, 0.717) is 6.61 Å². The molecule has 1 heterocycles. The first-order chi connectivity index (χ1) is 7.84. The number of hydrogen-bond donors (Lipinski definition) is 0. The van der Waals surface area contributed by atoms with Gasteiger partial charge in [0.2, 0.25) is 0 Å². The number of aromatic nitrogens is 1. The monoisotopic (exact) mass is 235 g/mol. The molecule has 0 N–H and O–H groups in total. The zero-order valence-corrected chi connectivity index (χ0v) is 10.8. The van der Waals surface area contributed by atoms with Gasteiger partial charge in [0.15, 0.2) is 0 Å². The van der Waals surface area contributed by atoms with Crippen molar-refractivity contribution in [3.63, 3.8) is 0 Å². The first-order valence-electron chi connectivity index (χ1n) is 5.43. The average molecular weight is 235 g/mol. The third kappa shape index (κ3) is 4.03. The Morgan fingerprint density at radius 2 is 1.88 bits per heavy atom. The smallest absolute Gasteiger partial charge is 0.131 e. The first kappa shape index (κ1) is 12.7. The number of aryl methyl sites for hydroxylation is 1. The van der Waals surface area contributed by atoms with E-state index in [-0.39, 0.29) is 0 Å². The van der Waals surface area contributed by atoms with Gasteiger partial charge in [0.05, 0.1) is 10.7 Å². The fourth-order valence-electron chi connectivity index (χ4n) is 1.15. The highest BCUT2D eigenvalue weighted by molar-refractivity contribution is 7.09. The number of thiazole rings is 1. The van der Waals surface area contributed by atoms with E-state index in [1.54, 1.807) is 11.3 Å². The van der Waals surface area contributed by atoms with Gasteiger partial charge in [-0.3, -0.25) is 0 Å². The lowest BCUT2D eigenvalue weighted by Crippen LogP contribution is -1.95. The molecular formula is C13H17NOS. The van der Waals surface area contributed by atoms with Crippen LogP contribution in [0.2, 0.25) is 0 Å². The summed E-state index contributed by atoms with van der Waals surface area (Å²) in [6.07, 6.45) is 0. The van der Waals surface area contributed by atoms with Crippen molar-refractivity contribution < 1.29 is 4.74 Å². The van der Waals surface area contributed by atoms with Crippen LogP contribution in [0.1, 0.15) is 24.5 Å².